The number of hydrogen-bond acceptors (Lipinski definition) is 7. The van der Waals surface area contributed by atoms with Crippen LogP contribution in [-0.4, -0.2) is 135 Å². The molecule has 0 N–H and O–H groups in total. The molecule has 0 heterocycles. The summed E-state index contributed by atoms with van der Waals surface area (Å²) in [5.74, 6) is -0.379. The van der Waals surface area contributed by atoms with Gasteiger partial charge in [-0.2, -0.15) is 0 Å². The van der Waals surface area contributed by atoms with Gasteiger partial charge < -0.3 is 27.7 Å². The Morgan fingerprint density at radius 1 is 0.283 bits per heavy atom. The molecule has 12 aromatic carbocycles. The number of ketones is 1. The third-order valence-corrected chi connectivity index (χ3v) is 22.1. The molecule has 12 aromatic rings. The van der Waals surface area contributed by atoms with Gasteiger partial charge in [-0.15, -0.1) is 0 Å². The summed E-state index contributed by atoms with van der Waals surface area (Å²) in [5.41, 5.74) is 3.24. The number of likely N-dealkylation sites (N-methyl/N-ethyl adjacent to an activating group) is 3. The number of quaternary nitrogens is 3. The molecule has 0 bridgehead atoms. The van der Waals surface area contributed by atoms with Gasteiger partial charge in [-0.05, 0) is 189 Å². The number of benzene rings is 12. The maximum absolute atomic E-state index is 13.2. The van der Waals surface area contributed by atoms with Gasteiger partial charge in [0.15, 0.2) is 5.78 Å². The Labute approximate surface area is 632 Å². The van der Waals surface area contributed by atoms with Crippen LogP contribution in [-0.2, 0) is 14.2 Å². The van der Waals surface area contributed by atoms with Crippen molar-refractivity contribution in [3.8, 4) is 0 Å². The maximum atomic E-state index is 13.2. The molecule has 10 heteroatoms. The van der Waals surface area contributed by atoms with Crippen molar-refractivity contribution in [1.29, 1.82) is 0 Å². The molecule has 556 valence electrons. The predicted octanol–water partition coefficient (Wildman–Crippen LogP) is 23.4. The lowest BCUT2D eigenvalue weighted by Crippen LogP contribution is -2.51. The van der Waals surface area contributed by atoms with Gasteiger partial charge in [0.05, 0.1) is 75.6 Å². The van der Waals surface area contributed by atoms with E-state index in [-0.39, 0.29) is 29.1 Å². The van der Waals surface area contributed by atoms with E-state index in [1.807, 2.05) is 146 Å². The van der Waals surface area contributed by atoms with Crippen LogP contribution in [0, 0.1) is 5.41 Å². The topological polar surface area (TPSA) is 96.0 Å². The molecule has 0 aliphatic rings. The van der Waals surface area contributed by atoms with Gasteiger partial charge in [-0.3, -0.25) is 4.79 Å². The Hall–Kier alpha value is -9.32. The minimum absolute atomic E-state index is 0.209. The van der Waals surface area contributed by atoms with E-state index in [9.17, 15) is 19.2 Å². The zero-order valence-electron chi connectivity index (χ0n) is 65.7. The fourth-order valence-electron chi connectivity index (χ4n) is 15.8. The first-order valence-electron chi connectivity index (χ1n) is 39.6. The number of fused-ring (bicyclic) bond motifs is 8. The molecular formula is C96H118N3O7+3. The van der Waals surface area contributed by atoms with Crippen LogP contribution < -0.4 is 0 Å². The molecule has 12 rings (SSSR count). The Morgan fingerprint density at radius 3 is 0.755 bits per heavy atom. The summed E-state index contributed by atoms with van der Waals surface area (Å²) in [6, 6.07) is 73.3. The maximum Gasteiger partial charge on any atom is 0.339 e. The number of unbranched alkanes of at least 4 members (excludes halogenated alkanes) is 1. The molecule has 10 nitrogen and oxygen atoms in total. The first-order chi connectivity index (χ1) is 51.4. The van der Waals surface area contributed by atoms with Crippen LogP contribution in [0.5, 0.6) is 0 Å². The third kappa shape index (κ3) is 20.2. The van der Waals surface area contributed by atoms with Crippen molar-refractivity contribution in [2.24, 2.45) is 5.41 Å². The molecule has 0 aliphatic carbocycles. The van der Waals surface area contributed by atoms with Crippen molar-refractivity contribution < 1.29 is 46.8 Å². The lowest BCUT2D eigenvalue weighted by atomic mass is 9.87. The second-order valence-electron chi connectivity index (χ2n) is 30.0. The van der Waals surface area contributed by atoms with E-state index >= 15 is 0 Å². The van der Waals surface area contributed by atoms with Crippen LogP contribution in [0.15, 0.2) is 218 Å². The highest BCUT2D eigenvalue weighted by molar-refractivity contribution is 6.20. The number of carbonyl (C=O) groups is 4. The van der Waals surface area contributed by atoms with E-state index in [1.165, 1.54) is 12.8 Å². The number of carbonyl (C=O) groups excluding carboxylic acids is 4. The average Bonchev–Trinajstić information content (AvgIpc) is 0.789. The molecule has 0 aliphatic heterocycles. The highest BCUT2D eigenvalue weighted by Crippen LogP contribution is 2.35. The molecule has 0 spiro atoms. The van der Waals surface area contributed by atoms with Crippen molar-refractivity contribution in [3.63, 3.8) is 0 Å². The molecular weight excluding hydrogens is 1310 g/mol. The lowest BCUT2D eigenvalue weighted by Gasteiger charge is -2.37. The van der Waals surface area contributed by atoms with Gasteiger partial charge in [0.2, 0.25) is 0 Å². The number of Topliss-reactive ketones (excluding diaryl/α,β-unsaturated/α-hetero) is 1. The van der Waals surface area contributed by atoms with Gasteiger partial charge in [0.1, 0.15) is 39.5 Å². The summed E-state index contributed by atoms with van der Waals surface area (Å²) in [7, 11) is 0. The largest absolute Gasteiger partial charge is 0.456 e. The number of esters is 3. The third-order valence-electron chi connectivity index (χ3n) is 22.1. The Balaban J connectivity index is 0.000000164. The average molecular weight is 1430 g/mol. The zero-order chi connectivity index (χ0) is 75.7. The van der Waals surface area contributed by atoms with E-state index in [1.54, 1.807) is 0 Å². The highest BCUT2D eigenvalue weighted by Gasteiger charge is 2.28. The van der Waals surface area contributed by atoms with Crippen molar-refractivity contribution in [2.45, 2.75) is 134 Å². The molecule has 1 unspecified atom stereocenters. The number of ether oxygens (including phenoxy) is 3. The molecule has 106 heavy (non-hydrogen) atoms. The van der Waals surface area contributed by atoms with Gasteiger partial charge in [-0.1, -0.05) is 249 Å². The first-order valence-corrected chi connectivity index (χ1v) is 39.6. The Morgan fingerprint density at radius 2 is 0.519 bits per heavy atom. The van der Waals surface area contributed by atoms with Crippen LogP contribution in [0.25, 0.3) is 86.2 Å². The van der Waals surface area contributed by atoms with E-state index in [4.69, 9.17) is 14.2 Å². The molecule has 0 amide bonds. The van der Waals surface area contributed by atoms with Crippen LogP contribution >= 0.6 is 0 Å². The van der Waals surface area contributed by atoms with Crippen LogP contribution in [0.2, 0.25) is 0 Å². The summed E-state index contributed by atoms with van der Waals surface area (Å²) in [6.45, 7) is 40.6. The second kappa shape index (κ2) is 38.8. The van der Waals surface area contributed by atoms with Gasteiger partial charge in [-0.25, -0.2) is 14.4 Å². The van der Waals surface area contributed by atoms with Gasteiger partial charge in [0.25, 0.3) is 0 Å². The summed E-state index contributed by atoms with van der Waals surface area (Å²) in [6.07, 6.45) is 8.50. The van der Waals surface area contributed by atoms with Crippen LogP contribution in [0.4, 0.5) is 0 Å². The number of rotatable bonds is 30. The normalized spacial score (nSPS) is 12.3. The van der Waals surface area contributed by atoms with Crippen molar-refractivity contribution in [1.82, 2.24) is 0 Å². The van der Waals surface area contributed by atoms with E-state index in [2.05, 4.69) is 156 Å². The van der Waals surface area contributed by atoms with Crippen molar-refractivity contribution in [3.05, 3.63) is 241 Å². The summed E-state index contributed by atoms with van der Waals surface area (Å²) in [4.78, 5) is 52.3. The minimum atomic E-state index is -0.223. The molecule has 0 saturated carbocycles. The molecule has 0 aromatic heterocycles. The summed E-state index contributed by atoms with van der Waals surface area (Å²) in [5, 5.41) is 16.6. The smallest absolute Gasteiger partial charge is 0.339 e. The molecule has 0 radical (unpaired) electrons. The number of hydrogen-bond donors (Lipinski definition) is 0. The quantitative estimate of drug-likeness (QED) is 0.0145. The van der Waals surface area contributed by atoms with Gasteiger partial charge >= 0.3 is 17.9 Å². The molecule has 0 saturated heterocycles. The standard InChI is InChI=1S/C26H34NO2.C25H32NO2.C23H28NO2.C22H24O/c1-4-7-17-27(6-3,16-5-2)18-19-29-26(28)25-23-14-10-8-12-21(23)20-22-13-9-11-15-24(22)25;1-4-15-26(6-3,16-5-2)17-18-28-25(27)24-22-13-9-7-11-20(22)19-21-12-8-10-14-23(21)24;1-4-24(5-2,6-3)15-16-26-23(25)22-20-13-9-7-11-18(20)17-19-12-8-10-14-21(19)22;1-22(2,3)14-8-13-20(23)21-18-11-6-4-9-16(18)15-17-10-5-7-12-19(17)21/h8-15,20H,4-7,16-19H2,1-3H3;7-14,19H,4-6,15-18H2,1-3H3;7-14,17H,4-6,15-16H2,1-3H3;4-7,9-12,15H,8,13-14H2,1-3H3/q3*+1;. The highest BCUT2D eigenvalue weighted by atomic mass is 16.5. The van der Waals surface area contributed by atoms with Crippen molar-refractivity contribution in [2.75, 3.05) is 98.4 Å². The Kier molecular flexibility index (Phi) is 29.6. The van der Waals surface area contributed by atoms with E-state index < -0.39 is 0 Å². The second-order valence-corrected chi connectivity index (χ2v) is 30.0. The number of nitrogens with zero attached hydrogens (tertiary/aromatic N) is 3. The van der Waals surface area contributed by atoms with Crippen LogP contribution in [0.3, 0.4) is 0 Å². The summed E-state index contributed by atoms with van der Waals surface area (Å²) >= 11 is 0. The van der Waals surface area contributed by atoms with E-state index in [0.717, 1.165) is 216 Å². The SMILES string of the molecule is CC(C)(C)CCCC(=O)c1c2ccccc2cc2ccccc12.CCCC[N+](CC)(CCC)CCOC(=O)c1c2ccccc2cc2ccccc12.CCC[N+](CC)(CCC)CCOC(=O)c1c2ccccc2cc2ccccc12.CC[N+](CC)(CC)CCOC(=O)c1c2ccccc2cc2ccccc12. The molecule has 1 atom stereocenters. The van der Waals surface area contributed by atoms with Crippen LogP contribution in [0.1, 0.15) is 176 Å². The molecule has 0 fully saturated rings. The predicted molar refractivity (Wildman–Crippen MR) is 448 cm³/mol. The fourth-order valence-corrected chi connectivity index (χ4v) is 15.8. The lowest BCUT2D eigenvalue weighted by molar-refractivity contribution is -0.926. The van der Waals surface area contributed by atoms with Crippen molar-refractivity contribution >= 4 is 110 Å². The summed E-state index contributed by atoms with van der Waals surface area (Å²) < 4.78 is 20.5. The van der Waals surface area contributed by atoms with E-state index in [0.29, 0.717) is 42.9 Å². The minimum Gasteiger partial charge on any atom is -0.456 e. The monoisotopic (exact) mass is 1420 g/mol. The fraction of sp³-hybridized carbons (Fsp3) is 0.375. The zero-order valence-corrected chi connectivity index (χ0v) is 65.7. The Bertz CT molecular complexity index is 4680. The first kappa shape index (κ1) is 80.8. The van der Waals surface area contributed by atoms with Gasteiger partial charge in [0, 0.05) is 12.0 Å².